The van der Waals surface area contributed by atoms with E-state index in [4.69, 9.17) is 0 Å². The highest BCUT2D eigenvalue weighted by Crippen LogP contribution is 2.32. The highest BCUT2D eigenvalue weighted by atomic mass is 28.1. The number of hydrogen-bond donors (Lipinski definition) is 0. The van der Waals surface area contributed by atoms with Crippen LogP contribution in [0.25, 0.3) is 0 Å². The highest BCUT2D eigenvalue weighted by molar-refractivity contribution is 6.11. The first-order valence-electron chi connectivity index (χ1n) is 3.85. The van der Waals surface area contributed by atoms with Gasteiger partial charge in [0.1, 0.15) is 0 Å². The largest absolute Gasteiger partial charge is 0.0655 e. The minimum absolute atomic E-state index is 0.515. The first-order chi connectivity index (χ1) is 3.85. The van der Waals surface area contributed by atoms with Gasteiger partial charge in [0.25, 0.3) is 0 Å². The molecule has 0 fully saturated rings. The van der Waals surface area contributed by atoms with Crippen LogP contribution in [0.4, 0.5) is 0 Å². The van der Waals surface area contributed by atoms with Gasteiger partial charge in [-0.15, -0.1) is 0 Å². The molecule has 0 aliphatic carbocycles. The van der Waals surface area contributed by atoms with E-state index in [0.29, 0.717) is 5.41 Å². The molecule has 0 nitrogen and oxygen atoms in total. The maximum atomic E-state index is 2.36. The van der Waals surface area contributed by atoms with Crippen LogP contribution in [0.1, 0.15) is 34.6 Å². The van der Waals surface area contributed by atoms with E-state index in [1.165, 1.54) is 10.2 Å². The molecule has 0 amide bonds. The Balaban J connectivity index is 3.88. The molecular formula is C8H20Si. The van der Waals surface area contributed by atoms with Crippen LogP contribution in [-0.2, 0) is 0 Å². The third-order valence-electron chi connectivity index (χ3n) is 2.37. The van der Waals surface area contributed by atoms with E-state index in [1.807, 2.05) is 0 Å². The standard InChI is InChI=1S/C8H20Si/c1-6(7(2)9)8(3,4)5/h6-7H,1-5,9H3. The molecule has 0 aliphatic rings. The van der Waals surface area contributed by atoms with Crippen LogP contribution in [0.5, 0.6) is 0 Å². The second-order valence-corrected chi connectivity index (χ2v) is 6.22. The van der Waals surface area contributed by atoms with E-state index in [1.54, 1.807) is 0 Å². The normalized spacial score (nSPS) is 19.7. The molecule has 0 aromatic rings. The van der Waals surface area contributed by atoms with Crippen molar-refractivity contribution in [2.45, 2.75) is 40.2 Å². The molecule has 9 heavy (non-hydrogen) atoms. The molecule has 0 radical (unpaired) electrons. The van der Waals surface area contributed by atoms with E-state index >= 15 is 0 Å². The Hall–Kier alpha value is 0.217. The summed E-state index contributed by atoms with van der Waals surface area (Å²) in [6.07, 6.45) is 0. The third-order valence-corrected chi connectivity index (χ3v) is 3.37. The molecular weight excluding hydrogens is 124 g/mol. The predicted molar refractivity (Wildman–Crippen MR) is 48.0 cm³/mol. The Labute approximate surface area is 62.5 Å². The Morgan fingerprint density at radius 3 is 1.44 bits per heavy atom. The minimum Gasteiger partial charge on any atom is -0.0655 e. The molecule has 0 spiro atoms. The monoisotopic (exact) mass is 144 g/mol. The first kappa shape index (κ1) is 9.22. The molecule has 0 N–H and O–H groups in total. The summed E-state index contributed by atoms with van der Waals surface area (Å²) < 4.78 is 0. The second-order valence-electron chi connectivity index (χ2n) is 4.40. The number of rotatable bonds is 1. The first-order valence-corrected chi connectivity index (χ1v) is 5.01. The summed E-state index contributed by atoms with van der Waals surface area (Å²) in [6.45, 7) is 11.7. The maximum absolute atomic E-state index is 2.36. The fourth-order valence-electron chi connectivity index (χ4n) is 1.00. The summed E-state index contributed by atoms with van der Waals surface area (Å²) in [5.41, 5.74) is 1.46. The minimum atomic E-state index is 0.515. The Morgan fingerprint density at radius 1 is 1.11 bits per heavy atom. The SMILES string of the molecule is CC([SiH3])C(C)C(C)(C)C. The van der Waals surface area contributed by atoms with Crippen molar-refractivity contribution < 1.29 is 0 Å². The van der Waals surface area contributed by atoms with Crippen LogP contribution in [0, 0.1) is 11.3 Å². The zero-order valence-electron chi connectivity index (χ0n) is 7.65. The molecule has 0 aliphatic heterocycles. The molecule has 0 aromatic carbocycles. The van der Waals surface area contributed by atoms with Gasteiger partial charge in [-0.2, -0.15) is 0 Å². The van der Waals surface area contributed by atoms with Gasteiger partial charge in [0.2, 0.25) is 0 Å². The van der Waals surface area contributed by atoms with Crippen LogP contribution in [0.3, 0.4) is 0 Å². The molecule has 2 unspecified atom stereocenters. The summed E-state index contributed by atoms with van der Waals surface area (Å²) in [4.78, 5) is 0. The van der Waals surface area contributed by atoms with Crippen molar-refractivity contribution >= 4 is 10.2 Å². The van der Waals surface area contributed by atoms with Crippen molar-refractivity contribution in [3.05, 3.63) is 0 Å². The smallest absolute Gasteiger partial charge is 0.00674 e. The predicted octanol–water partition coefficient (Wildman–Crippen LogP) is 1.84. The number of hydrogen-bond acceptors (Lipinski definition) is 0. The lowest BCUT2D eigenvalue weighted by Crippen LogP contribution is -2.20. The summed E-state index contributed by atoms with van der Waals surface area (Å²) in [5.74, 6) is 0.879. The summed E-state index contributed by atoms with van der Waals surface area (Å²) in [6, 6.07) is 0. The molecule has 0 saturated heterocycles. The van der Waals surface area contributed by atoms with E-state index in [2.05, 4.69) is 34.6 Å². The van der Waals surface area contributed by atoms with E-state index in [0.717, 1.165) is 11.5 Å². The van der Waals surface area contributed by atoms with Crippen molar-refractivity contribution in [2.24, 2.45) is 11.3 Å². The van der Waals surface area contributed by atoms with Crippen molar-refractivity contribution in [1.29, 1.82) is 0 Å². The van der Waals surface area contributed by atoms with Crippen LogP contribution in [0.2, 0.25) is 5.54 Å². The van der Waals surface area contributed by atoms with E-state index in [-0.39, 0.29) is 0 Å². The molecule has 0 rings (SSSR count). The van der Waals surface area contributed by atoms with Gasteiger partial charge in [-0.25, -0.2) is 0 Å². The van der Waals surface area contributed by atoms with Crippen molar-refractivity contribution in [3.8, 4) is 0 Å². The van der Waals surface area contributed by atoms with Gasteiger partial charge in [-0.3, -0.25) is 0 Å². The van der Waals surface area contributed by atoms with Crippen molar-refractivity contribution in [2.75, 3.05) is 0 Å². The van der Waals surface area contributed by atoms with Gasteiger partial charge in [-0.1, -0.05) is 40.2 Å². The van der Waals surface area contributed by atoms with Gasteiger partial charge in [0, 0.05) is 10.2 Å². The average Bonchev–Trinajstić information content (AvgIpc) is 1.62. The topological polar surface area (TPSA) is 0 Å². The van der Waals surface area contributed by atoms with Crippen LogP contribution < -0.4 is 0 Å². The van der Waals surface area contributed by atoms with Gasteiger partial charge in [0.05, 0.1) is 0 Å². The Kier molecular flexibility index (Phi) is 2.94. The van der Waals surface area contributed by atoms with Crippen molar-refractivity contribution in [3.63, 3.8) is 0 Å². The van der Waals surface area contributed by atoms with Crippen LogP contribution in [-0.4, -0.2) is 10.2 Å². The molecule has 0 heterocycles. The Morgan fingerprint density at radius 2 is 1.44 bits per heavy atom. The molecule has 0 bridgehead atoms. The van der Waals surface area contributed by atoms with Gasteiger partial charge in [-0.05, 0) is 11.3 Å². The van der Waals surface area contributed by atoms with Crippen molar-refractivity contribution in [1.82, 2.24) is 0 Å². The quantitative estimate of drug-likeness (QED) is 0.493. The van der Waals surface area contributed by atoms with Crippen LogP contribution >= 0.6 is 0 Å². The van der Waals surface area contributed by atoms with Crippen LogP contribution in [0.15, 0.2) is 0 Å². The van der Waals surface area contributed by atoms with E-state index < -0.39 is 0 Å². The van der Waals surface area contributed by atoms with Gasteiger partial charge in [0.15, 0.2) is 0 Å². The van der Waals surface area contributed by atoms with Gasteiger partial charge < -0.3 is 0 Å². The lowest BCUT2D eigenvalue weighted by Gasteiger charge is -2.30. The average molecular weight is 144 g/mol. The molecule has 0 saturated carbocycles. The van der Waals surface area contributed by atoms with Gasteiger partial charge >= 0.3 is 0 Å². The Bertz CT molecular complexity index is 79.1. The second kappa shape index (κ2) is 2.87. The molecule has 1 heteroatoms. The fraction of sp³-hybridized carbons (Fsp3) is 1.00. The third kappa shape index (κ3) is 3.04. The zero-order valence-corrected chi connectivity index (χ0v) is 9.65. The summed E-state index contributed by atoms with van der Waals surface area (Å²) in [7, 11) is 1.33. The highest BCUT2D eigenvalue weighted by Gasteiger charge is 2.21. The lowest BCUT2D eigenvalue weighted by atomic mass is 9.80. The molecule has 0 aromatic heterocycles. The lowest BCUT2D eigenvalue weighted by molar-refractivity contribution is 0.255. The maximum Gasteiger partial charge on any atom is 0.00674 e. The summed E-state index contributed by atoms with van der Waals surface area (Å²) in [5, 5.41) is 0. The van der Waals surface area contributed by atoms with E-state index in [9.17, 15) is 0 Å². The summed E-state index contributed by atoms with van der Waals surface area (Å²) >= 11 is 0. The molecule has 56 valence electrons. The molecule has 2 atom stereocenters. The zero-order chi connectivity index (χ0) is 7.65. The fourth-order valence-corrected chi connectivity index (χ4v) is 2.00.